The Morgan fingerprint density at radius 1 is 1.18 bits per heavy atom. The number of phenolic OH excluding ortho intramolecular Hbond substituents is 1. The third-order valence-corrected chi connectivity index (χ3v) is 4.39. The van der Waals surface area contributed by atoms with Gasteiger partial charge in [-0.3, -0.25) is 14.9 Å². The zero-order chi connectivity index (χ0) is 19.9. The number of nitrogens with zero attached hydrogens (tertiary/aromatic N) is 3. The van der Waals surface area contributed by atoms with Gasteiger partial charge in [-0.15, -0.1) is 10.2 Å². The third kappa shape index (κ3) is 5.45. The smallest absolute Gasteiger partial charge is 0.257 e. The standard InChI is InChI=1S/C19H17N5O3S/c1-12-4-2-6-14(8-12)18(27)21-19-24-23-17(28-19)10-16(26)22-20-11-13-5-3-7-15(25)9-13/h2-9,11,25H,10H2,1H3,(H,22,26)(H,21,24,27)/b20-11-. The molecule has 3 rings (SSSR count). The first-order chi connectivity index (χ1) is 13.5. The maximum Gasteiger partial charge on any atom is 0.257 e. The molecule has 2 aromatic carbocycles. The van der Waals surface area contributed by atoms with Crippen LogP contribution in [0.1, 0.15) is 26.5 Å². The average molecular weight is 395 g/mol. The van der Waals surface area contributed by atoms with E-state index in [1.54, 1.807) is 36.4 Å². The van der Waals surface area contributed by atoms with Crippen LogP contribution in [-0.2, 0) is 11.2 Å². The minimum atomic E-state index is -0.371. The second-order valence-corrected chi connectivity index (χ2v) is 6.95. The summed E-state index contributed by atoms with van der Waals surface area (Å²) in [5, 5.41) is 24.4. The number of hydrazone groups is 1. The fourth-order valence-electron chi connectivity index (χ4n) is 2.29. The number of aryl methyl sites for hydroxylation is 1. The lowest BCUT2D eigenvalue weighted by Crippen LogP contribution is -2.19. The molecule has 9 heteroatoms. The molecule has 1 aromatic heterocycles. The minimum Gasteiger partial charge on any atom is -0.508 e. The van der Waals surface area contributed by atoms with Crippen molar-refractivity contribution in [1.82, 2.24) is 15.6 Å². The molecular formula is C19H17N5O3S. The van der Waals surface area contributed by atoms with Crippen LogP contribution in [0.15, 0.2) is 53.6 Å². The van der Waals surface area contributed by atoms with Gasteiger partial charge in [-0.2, -0.15) is 5.10 Å². The number of phenols is 1. The maximum atomic E-state index is 12.2. The molecule has 0 aliphatic heterocycles. The lowest BCUT2D eigenvalue weighted by molar-refractivity contribution is -0.120. The van der Waals surface area contributed by atoms with E-state index in [1.165, 1.54) is 12.3 Å². The Balaban J connectivity index is 1.52. The van der Waals surface area contributed by atoms with Gasteiger partial charge in [-0.25, -0.2) is 5.43 Å². The van der Waals surface area contributed by atoms with Crippen molar-refractivity contribution in [1.29, 1.82) is 0 Å². The van der Waals surface area contributed by atoms with Crippen molar-refractivity contribution in [3.63, 3.8) is 0 Å². The van der Waals surface area contributed by atoms with Crippen LogP contribution in [0.2, 0.25) is 0 Å². The maximum absolute atomic E-state index is 12.2. The molecule has 2 amide bonds. The van der Waals surface area contributed by atoms with Crippen LogP contribution in [0.4, 0.5) is 5.13 Å². The van der Waals surface area contributed by atoms with Crippen molar-refractivity contribution >= 4 is 34.5 Å². The second-order valence-electron chi connectivity index (χ2n) is 5.89. The summed E-state index contributed by atoms with van der Waals surface area (Å²) in [6, 6.07) is 13.7. The molecule has 0 unspecified atom stereocenters. The summed E-state index contributed by atoms with van der Waals surface area (Å²) in [7, 11) is 0. The van der Waals surface area contributed by atoms with Gasteiger partial charge in [0.05, 0.1) is 12.6 Å². The zero-order valence-corrected chi connectivity index (χ0v) is 15.7. The van der Waals surface area contributed by atoms with E-state index < -0.39 is 0 Å². The number of amides is 2. The Labute approximate surface area is 165 Å². The molecule has 0 saturated carbocycles. The first-order valence-electron chi connectivity index (χ1n) is 8.31. The van der Waals surface area contributed by atoms with Gasteiger partial charge < -0.3 is 5.11 Å². The summed E-state index contributed by atoms with van der Waals surface area (Å²) in [5.74, 6) is -0.542. The number of rotatable bonds is 6. The van der Waals surface area contributed by atoms with Crippen LogP contribution in [0.3, 0.4) is 0 Å². The fraction of sp³-hybridized carbons (Fsp3) is 0.105. The van der Waals surface area contributed by atoms with Crippen molar-refractivity contribution < 1.29 is 14.7 Å². The SMILES string of the molecule is Cc1cccc(C(=O)Nc2nnc(CC(=O)N/N=C\c3cccc(O)c3)s2)c1. The summed E-state index contributed by atoms with van der Waals surface area (Å²) in [5.41, 5.74) is 4.54. The zero-order valence-electron chi connectivity index (χ0n) is 14.9. The molecule has 0 bridgehead atoms. The number of benzene rings is 2. The molecular weight excluding hydrogens is 378 g/mol. The number of anilines is 1. The summed E-state index contributed by atoms with van der Waals surface area (Å²) < 4.78 is 0. The van der Waals surface area contributed by atoms with Crippen LogP contribution in [-0.4, -0.2) is 33.3 Å². The third-order valence-electron chi connectivity index (χ3n) is 3.55. The molecule has 0 saturated heterocycles. The largest absolute Gasteiger partial charge is 0.508 e. The van der Waals surface area contributed by atoms with Crippen LogP contribution in [0, 0.1) is 6.92 Å². The van der Waals surface area contributed by atoms with E-state index in [0.29, 0.717) is 21.3 Å². The average Bonchev–Trinajstić information content (AvgIpc) is 3.08. The molecule has 0 spiro atoms. The Kier molecular flexibility index (Phi) is 6.07. The number of nitrogens with one attached hydrogen (secondary N) is 2. The van der Waals surface area contributed by atoms with E-state index in [9.17, 15) is 14.7 Å². The molecule has 0 aliphatic carbocycles. The number of carbonyl (C=O) groups is 2. The number of hydrogen-bond acceptors (Lipinski definition) is 7. The highest BCUT2D eigenvalue weighted by Gasteiger charge is 2.12. The van der Waals surface area contributed by atoms with Crippen molar-refractivity contribution in [3.05, 3.63) is 70.2 Å². The molecule has 0 aliphatic rings. The highest BCUT2D eigenvalue weighted by molar-refractivity contribution is 7.15. The van der Waals surface area contributed by atoms with E-state index >= 15 is 0 Å². The van der Waals surface area contributed by atoms with Crippen LogP contribution in [0.25, 0.3) is 0 Å². The van der Waals surface area contributed by atoms with Gasteiger partial charge in [0.2, 0.25) is 11.0 Å². The van der Waals surface area contributed by atoms with E-state index in [2.05, 4.69) is 26.0 Å². The molecule has 0 fully saturated rings. The summed E-state index contributed by atoms with van der Waals surface area (Å²) in [6.45, 7) is 1.90. The molecule has 8 nitrogen and oxygen atoms in total. The van der Waals surface area contributed by atoms with Gasteiger partial charge in [0, 0.05) is 5.56 Å². The summed E-state index contributed by atoms with van der Waals surface area (Å²) >= 11 is 1.12. The summed E-state index contributed by atoms with van der Waals surface area (Å²) in [6.07, 6.45) is 1.40. The molecule has 0 radical (unpaired) electrons. The predicted molar refractivity (Wildman–Crippen MR) is 107 cm³/mol. The van der Waals surface area contributed by atoms with Crippen molar-refractivity contribution in [2.45, 2.75) is 13.3 Å². The topological polar surface area (TPSA) is 117 Å². The van der Waals surface area contributed by atoms with Crippen LogP contribution < -0.4 is 10.7 Å². The van der Waals surface area contributed by atoms with Crippen LogP contribution >= 0.6 is 11.3 Å². The van der Waals surface area contributed by atoms with E-state index in [0.717, 1.165) is 16.9 Å². The van der Waals surface area contributed by atoms with Crippen molar-refractivity contribution in [2.75, 3.05) is 5.32 Å². The van der Waals surface area contributed by atoms with E-state index in [-0.39, 0.29) is 24.0 Å². The van der Waals surface area contributed by atoms with Gasteiger partial charge in [-0.05, 0) is 36.8 Å². The first kappa shape index (κ1) is 19.2. The molecule has 3 aromatic rings. The molecule has 1 heterocycles. The quantitative estimate of drug-likeness (QED) is 0.438. The lowest BCUT2D eigenvalue weighted by atomic mass is 10.1. The first-order valence-corrected chi connectivity index (χ1v) is 9.12. The Morgan fingerprint density at radius 3 is 2.79 bits per heavy atom. The highest BCUT2D eigenvalue weighted by Crippen LogP contribution is 2.17. The minimum absolute atomic E-state index is 0.0185. The molecule has 28 heavy (non-hydrogen) atoms. The Hall–Kier alpha value is -3.59. The van der Waals surface area contributed by atoms with Crippen molar-refractivity contribution in [3.8, 4) is 5.75 Å². The fourth-order valence-corrected chi connectivity index (χ4v) is 3.03. The van der Waals surface area contributed by atoms with Crippen molar-refractivity contribution in [2.24, 2.45) is 5.10 Å². The molecule has 0 atom stereocenters. The van der Waals surface area contributed by atoms with Gasteiger partial charge in [-0.1, -0.05) is 41.2 Å². The highest BCUT2D eigenvalue weighted by atomic mass is 32.1. The number of carbonyl (C=O) groups excluding carboxylic acids is 2. The monoisotopic (exact) mass is 395 g/mol. The predicted octanol–water partition coefficient (Wildman–Crippen LogP) is 2.50. The van der Waals surface area contributed by atoms with Crippen LogP contribution in [0.5, 0.6) is 5.75 Å². The van der Waals surface area contributed by atoms with Gasteiger partial charge in [0.25, 0.3) is 5.91 Å². The van der Waals surface area contributed by atoms with Gasteiger partial charge in [0.15, 0.2) is 0 Å². The molecule has 142 valence electrons. The number of aromatic nitrogens is 2. The Morgan fingerprint density at radius 2 is 2.00 bits per heavy atom. The number of aromatic hydroxyl groups is 1. The van der Waals surface area contributed by atoms with Gasteiger partial charge in [0.1, 0.15) is 10.8 Å². The lowest BCUT2D eigenvalue weighted by Gasteiger charge is -2.01. The van der Waals surface area contributed by atoms with Gasteiger partial charge >= 0.3 is 0 Å². The van der Waals surface area contributed by atoms with E-state index in [1.807, 2.05) is 13.0 Å². The molecule has 3 N–H and O–H groups in total. The Bertz CT molecular complexity index is 1030. The normalized spacial score (nSPS) is 10.8. The number of hydrogen-bond donors (Lipinski definition) is 3. The second kappa shape index (κ2) is 8.87. The van der Waals surface area contributed by atoms with E-state index in [4.69, 9.17) is 0 Å². The summed E-state index contributed by atoms with van der Waals surface area (Å²) in [4.78, 5) is 24.1.